The largest absolute Gasteiger partial charge is 0.497 e. The molecule has 0 aliphatic carbocycles. The number of carbonyl (C=O) groups is 1. The van der Waals surface area contributed by atoms with Crippen molar-refractivity contribution in [3.05, 3.63) is 24.3 Å². The van der Waals surface area contributed by atoms with Gasteiger partial charge in [0.15, 0.2) is 6.10 Å². The molecule has 2 unspecified atom stereocenters. The Morgan fingerprint density at radius 3 is 2.60 bits per heavy atom. The molecule has 0 saturated carbocycles. The van der Waals surface area contributed by atoms with E-state index in [2.05, 4.69) is 24.1 Å². The second kappa shape index (κ2) is 9.63. The number of hydrogen-bond acceptors (Lipinski definition) is 5. The van der Waals surface area contributed by atoms with Crippen molar-refractivity contribution >= 4 is 5.91 Å². The minimum atomic E-state index is -0.566. The molecule has 6 heteroatoms. The van der Waals surface area contributed by atoms with Crippen molar-refractivity contribution in [2.45, 2.75) is 33.0 Å². The first kappa shape index (κ1) is 19.5. The number of nitrogens with one attached hydrogen (secondary N) is 1. The number of methoxy groups -OCH3 is 1. The van der Waals surface area contributed by atoms with Gasteiger partial charge in [-0.15, -0.1) is 0 Å². The summed E-state index contributed by atoms with van der Waals surface area (Å²) < 4.78 is 16.5. The zero-order chi connectivity index (χ0) is 18.2. The zero-order valence-corrected chi connectivity index (χ0v) is 15.7. The Morgan fingerprint density at radius 2 is 1.96 bits per heavy atom. The number of nitrogens with zero attached hydrogens (tertiary/aromatic N) is 1. The fraction of sp³-hybridized carbons (Fsp3) is 0.632. The Kier molecular flexibility index (Phi) is 7.52. The van der Waals surface area contributed by atoms with Gasteiger partial charge in [-0.05, 0) is 37.1 Å². The first-order valence-electron chi connectivity index (χ1n) is 8.90. The van der Waals surface area contributed by atoms with Gasteiger partial charge in [0.1, 0.15) is 11.5 Å². The van der Waals surface area contributed by atoms with E-state index in [0.29, 0.717) is 24.8 Å². The highest BCUT2D eigenvalue weighted by molar-refractivity contribution is 5.80. The van der Waals surface area contributed by atoms with E-state index in [1.165, 1.54) is 0 Å². The smallest absolute Gasteiger partial charge is 0.260 e. The van der Waals surface area contributed by atoms with Crippen LogP contribution in [0.2, 0.25) is 0 Å². The van der Waals surface area contributed by atoms with Crippen LogP contribution in [-0.2, 0) is 9.53 Å². The van der Waals surface area contributed by atoms with Crippen molar-refractivity contribution < 1.29 is 19.0 Å². The lowest BCUT2D eigenvalue weighted by Gasteiger charge is -2.34. The maximum absolute atomic E-state index is 12.2. The van der Waals surface area contributed by atoms with Gasteiger partial charge in [-0.25, -0.2) is 0 Å². The van der Waals surface area contributed by atoms with Crippen LogP contribution in [0.15, 0.2) is 24.3 Å². The molecule has 0 aromatic heterocycles. The van der Waals surface area contributed by atoms with E-state index in [-0.39, 0.29) is 12.0 Å². The molecule has 1 amide bonds. The van der Waals surface area contributed by atoms with Crippen LogP contribution < -0.4 is 14.8 Å². The molecule has 2 atom stereocenters. The molecule has 1 aliphatic rings. The molecule has 1 saturated heterocycles. The molecular formula is C19H30N2O4. The molecule has 1 aromatic carbocycles. The third-order valence-electron chi connectivity index (χ3n) is 4.09. The summed E-state index contributed by atoms with van der Waals surface area (Å²) >= 11 is 0. The van der Waals surface area contributed by atoms with Crippen molar-refractivity contribution in [1.29, 1.82) is 0 Å². The number of hydrogen-bond donors (Lipinski definition) is 1. The summed E-state index contributed by atoms with van der Waals surface area (Å²) in [4.78, 5) is 14.6. The summed E-state index contributed by atoms with van der Waals surface area (Å²) in [5.74, 6) is 1.89. The van der Waals surface area contributed by atoms with Crippen LogP contribution in [0.4, 0.5) is 0 Å². The Bertz CT molecular complexity index is 533. The van der Waals surface area contributed by atoms with E-state index in [1.54, 1.807) is 38.3 Å². The van der Waals surface area contributed by atoms with Crippen LogP contribution in [0, 0.1) is 5.92 Å². The molecule has 1 N–H and O–H groups in total. The molecule has 1 heterocycles. The van der Waals surface area contributed by atoms with Gasteiger partial charge < -0.3 is 19.5 Å². The summed E-state index contributed by atoms with van der Waals surface area (Å²) in [5.41, 5.74) is 0. The predicted octanol–water partition coefficient (Wildman–Crippen LogP) is 1.94. The standard InChI is InChI=1S/C19H30N2O4/c1-14(2)12-21-9-10-24-18(13-21)11-20-19(22)15(3)25-17-7-5-16(23-4)6-8-17/h5-8,14-15,18H,9-13H2,1-4H3,(H,20,22). The fourth-order valence-electron chi connectivity index (χ4n) is 2.86. The van der Waals surface area contributed by atoms with Crippen LogP contribution in [-0.4, -0.2) is 62.9 Å². The monoisotopic (exact) mass is 350 g/mol. The second-order valence-corrected chi connectivity index (χ2v) is 6.83. The molecule has 0 spiro atoms. The van der Waals surface area contributed by atoms with Gasteiger partial charge in [-0.3, -0.25) is 9.69 Å². The molecule has 1 aromatic rings. The number of carbonyl (C=O) groups excluding carboxylic acids is 1. The van der Waals surface area contributed by atoms with Crippen molar-refractivity contribution in [1.82, 2.24) is 10.2 Å². The third-order valence-corrected chi connectivity index (χ3v) is 4.09. The second-order valence-electron chi connectivity index (χ2n) is 6.83. The van der Waals surface area contributed by atoms with Gasteiger partial charge in [-0.1, -0.05) is 13.8 Å². The zero-order valence-electron chi connectivity index (χ0n) is 15.7. The normalized spacial score (nSPS) is 19.5. The Labute approximate surface area is 150 Å². The van der Waals surface area contributed by atoms with Gasteiger partial charge in [-0.2, -0.15) is 0 Å². The molecule has 25 heavy (non-hydrogen) atoms. The molecular weight excluding hydrogens is 320 g/mol. The van der Waals surface area contributed by atoms with E-state index >= 15 is 0 Å². The summed E-state index contributed by atoms with van der Waals surface area (Å²) in [5, 5.41) is 2.93. The average molecular weight is 350 g/mol. The molecule has 6 nitrogen and oxygen atoms in total. The van der Waals surface area contributed by atoms with Gasteiger partial charge >= 0.3 is 0 Å². The molecule has 0 bridgehead atoms. The minimum Gasteiger partial charge on any atom is -0.497 e. The van der Waals surface area contributed by atoms with Crippen LogP contribution in [0.1, 0.15) is 20.8 Å². The molecule has 0 radical (unpaired) electrons. The lowest BCUT2D eigenvalue weighted by atomic mass is 10.2. The van der Waals surface area contributed by atoms with E-state index in [0.717, 1.165) is 25.4 Å². The minimum absolute atomic E-state index is 0.0321. The summed E-state index contributed by atoms with van der Waals surface area (Å²) in [6, 6.07) is 7.19. The lowest BCUT2D eigenvalue weighted by Crippen LogP contribution is -2.49. The number of benzene rings is 1. The highest BCUT2D eigenvalue weighted by Crippen LogP contribution is 2.18. The van der Waals surface area contributed by atoms with Crippen LogP contribution in [0.3, 0.4) is 0 Å². The number of amides is 1. The van der Waals surface area contributed by atoms with Crippen molar-refractivity contribution in [2.75, 3.05) is 39.9 Å². The van der Waals surface area contributed by atoms with Gasteiger partial charge in [0.05, 0.1) is 19.8 Å². The lowest BCUT2D eigenvalue weighted by molar-refractivity contribution is -0.128. The SMILES string of the molecule is COc1ccc(OC(C)C(=O)NCC2CN(CC(C)C)CCO2)cc1. The van der Waals surface area contributed by atoms with Gasteiger partial charge in [0, 0.05) is 26.2 Å². The van der Waals surface area contributed by atoms with E-state index in [9.17, 15) is 4.79 Å². The van der Waals surface area contributed by atoms with Gasteiger partial charge in [0.2, 0.25) is 0 Å². The molecule has 1 fully saturated rings. The van der Waals surface area contributed by atoms with Crippen molar-refractivity contribution in [3.63, 3.8) is 0 Å². The van der Waals surface area contributed by atoms with E-state index < -0.39 is 6.10 Å². The summed E-state index contributed by atoms with van der Waals surface area (Å²) in [6.45, 7) is 10.3. The number of morpholine rings is 1. The topological polar surface area (TPSA) is 60.0 Å². The first-order chi connectivity index (χ1) is 12.0. The van der Waals surface area contributed by atoms with Crippen LogP contribution >= 0.6 is 0 Å². The third kappa shape index (κ3) is 6.55. The van der Waals surface area contributed by atoms with Crippen molar-refractivity contribution in [3.8, 4) is 11.5 Å². The predicted molar refractivity (Wildman–Crippen MR) is 97.1 cm³/mol. The molecule has 140 valence electrons. The Balaban J connectivity index is 1.74. The van der Waals surface area contributed by atoms with Gasteiger partial charge in [0.25, 0.3) is 5.91 Å². The highest BCUT2D eigenvalue weighted by atomic mass is 16.5. The van der Waals surface area contributed by atoms with E-state index in [1.807, 2.05) is 0 Å². The Morgan fingerprint density at radius 1 is 1.28 bits per heavy atom. The van der Waals surface area contributed by atoms with Crippen LogP contribution in [0.5, 0.6) is 11.5 Å². The van der Waals surface area contributed by atoms with Crippen molar-refractivity contribution in [2.24, 2.45) is 5.92 Å². The number of ether oxygens (including phenoxy) is 3. The van der Waals surface area contributed by atoms with Crippen LogP contribution in [0.25, 0.3) is 0 Å². The maximum Gasteiger partial charge on any atom is 0.260 e. The number of rotatable bonds is 8. The first-order valence-corrected chi connectivity index (χ1v) is 8.90. The highest BCUT2D eigenvalue weighted by Gasteiger charge is 2.22. The fourth-order valence-corrected chi connectivity index (χ4v) is 2.86. The summed E-state index contributed by atoms with van der Waals surface area (Å²) in [7, 11) is 1.61. The van der Waals surface area contributed by atoms with E-state index in [4.69, 9.17) is 14.2 Å². The quantitative estimate of drug-likeness (QED) is 0.776. The maximum atomic E-state index is 12.2. The molecule has 2 rings (SSSR count). The average Bonchev–Trinajstić information content (AvgIpc) is 2.60. The molecule has 1 aliphatic heterocycles. The Hall–Kier alpha value is -1.79. The summed E-state index contributed by atoms with van der Waals surface area (Å²) in [6.07, 6.45) is -0.534.